The third-order valence-electron chi connectivity index (χ3n) is 4.64. The standard InChI is InChI=1S/C21H37P/c1-4-5-6-7-8-9-10-11-12-16-19-21(22(2)3)20-17-14-13-15-18-20/h13-15,17-18,21H,4-12,16,19H2,1-3H3. The maximum Gasteiger partial charge on any atom is 0.00368 e. The van der Waals surface area contributed by atoms with Crippen LogP contribution < -0.4 is 0 Å². The second kappa shape index (κ2) is 13.1. The highest BCUT2D eigenvalue weighted by Crippen LogP contribution is 2.47. The first-order valence-corrected chi connectivity index (χ1v) is 11.8. The van der Waals surface area contributed by atoms with Crippen LogP contribution in [-0.2, 0) is 0 Å². The lowest BCUT2D eigenvalue weighted by atomic mass is 10.0. The van der Waals surface area contributed by atoms with Crippen molar-refractivity contribution in [2.24, 2.45) is 0 Å². The van der Waals surface area contributed by atoms with Crippen LogP contribution in [0.2, 0.25) is 0 Å². The van der Waals surface area contributed by atoms with Crippen molar-refractivity contribution in [3.8, 4) is 0 Å². The largest absolute Gasteiger partial charge is 0.105 e. The van der Waals surface area contributed by atoms with E-state index < -0.39 is 0 Å². The van der Waals surface area contributed by atoms with Gasteiger partial charge in [-0.25, -0.2) is 0 Å². The SMILES string of the molecule is CCCCCCCCCCCCC(c1ccccc1)P(C)C. The first-order chi connectivity index (χ1) is 10.8. The van der Waals surface area contributed by atoms with Crippen molar-refractivity contribution in [1.29, 1.82) is 0 Å². The molecule has 0 amide bonds. The minimum atomic E-state index is 0.124. The summed E-state index contributed by atoms with van der Waals surface area (Å²) in [4.78, 5) is 0. The maximum absolute atomic E-state index is 2.43. The van der Waals surface area contributed by atoms with E-state index in [4.69, 9.17) is 0 Å². The topological polar surface area (TPSA) is 0 Å². The highest BCUT2D eigenvalue weighted by molar-refractivity contribution is 7.56. The van der Waals surface area contributed by atoms with Crippen LogP contribution >= 0.6 is 7.92 Å². The van der Waals surface area contributed by atoms with Crippen molar-refractivity contribution < 1.29 is 0 Å². The highest BCUT2D eigenvalue weighted by atomic mass is 31.1. The van der Waals surface area contributed by atoms with Crippen molar-refractivity contribution in [2.45, 2.75) is 83.2 Å². The Morgan fingerprint density at radius 1 is 0.727 bits per heavy atom. The van der Waals surface area contributed by atoms with E-state index in [0.29, 0.717) is 0 Å². The average molecular weight is 321 g/mol. The molecule has 0 aliphatic rings. The summed E-state index contributed by atoms with van der Waals surface area (Å²) in [5.41, 5.74) is 2.37. The molecule has 0 heterocycles. The summed E-state index contributed by atoms with van der Waals surface area (Å²) < 4.78 is 0. The molecule has 0 saturated heterocycles. The van der Waals surface area contributed by atoms with Crippen LogP contribution in [0.15, 0.2) is 30.3 Å². The Balaban J connectivity index is 2.07. The van der Waals surface area contributed by atoms with Gasteiger partial charge in [0.1, 0.15) is 0 Å². The van der Waals surface area contributed by atoms with Crippen molar-refractivity contribution in [1.82, 2.24) is 0 Å². The lowest BCUT2D eigenvalue weighted by Crippen LogP contribution is -1.96. The fourth-order valence-electron chi connectivity index (χ4n) is 3.22. The summed E-state index contributed by atoms with van der Waals surface area (Å²) in [6.07, 6.45) is 15.7. The third kappa shape index (κ3) is 8.94. The van der Waals surface area contributed by atoms with Gasteiger partial charge in [-0.1, -0.05) is 101 Å². The molecule has 0 spiro atoms. The molecule has 1 aromatic carbocycles. The van der Waals surface area contributed by atoms with Crippen molar-refractivity contribution in [3.63, 3.8) is 0 Å². The Morgan fingerprint density at radius 2 is 1.23 bits per heavy atom. The van der Waals surface area contributed by atoms with E-state index >= 15 is 0 Å². The number of hydrogen-bond acceptors (Lipinski definition) is 0. The summed E-state index contributed by atoms with van der Waals surface area (Å²) in [6, 6.07) is 11.2. The summed E-state index contributed by atoms with van der Waals surface area (Å²) in [5.74, 6) is 0. The fourth-order valence-corrected chi connectivity index (χ4v) is 4.69. The van der Waals surface area contributed by atoms with E-state index in [2.05, 4.69) is 50.6 Å². The summed E-state index contributed by atoms with van der Waals surface area (Å²) in [6.45, 7) is 7.16. The first kappa shape index (κ1) is 19.7. The van der Waals surface area contributed by atoms with Crippen LogP contribution in [0.4, 0.5) is 0 Å². The van der Waals surface area contributed by atoms with Gasteiger partial charge in [0.15, 0.2) is 0 Å². The van der Waals surface area contributed by atoms with Gasteiger partial charge in [0.05, 0.1) is 0 Å². The highest BCUT2D eigenvalue weighted by Gasteiger charge is 2.14. The van der Waals surface area contributed by atoms with Gasteiger partial charge in [-0.15, -0.1) is 7.92 Å². The number of hydrogen-bond donors (Lipinski definition) is 0. The Labute approximate surface area is 140 Å². The maximum atomic E-state index is 2.43. The average Bonchev–Trinajstić information content (AvgIpc) is 2.53. The normalized spacial score (nSPS) is 12.7. The van der Waals surface area contributed by atoms with E-state index in [0.717, 1.165) is 5.66 Å². The Bertz CT molecular complexity index is 344. The van der Waals surface area contributed by atoms with Gasteiger partial charge in [-0.2, -0.15) is 0 Å². The van der Waals surface area contributed by atoms with E-state index in [1.54, 1.807) is 5.56 Å². The van der Waals surface area contributed by atoms with Crippen molar-refractivity contribution >= 4 is 7.92 Å². The molecule has 0 nitrogen and oxygen atoms in total. The Kier molecular flexibility index (Phi) is 11.7. The molecular formula is C21H37P. The summed E-state index contributed by atoms with van der Waals surface area (Å²) in [7, 11) is 0.124. The molecule has 0 bridgehead atoms. The zero-order valence-electron chi connectivity index (χ0n) is 15.2. The van der Waals surface area contributed by atoms with E-state index in [1.807, 2.05) is 0 Å². The molecule has 1 heteroatoms. The van der Waals surface area contributed by atoms with E-state index in [-0.39, 0.29) is 7.92 Å². The molecule has 0 aliphatic carbocycles. The smallest absolute Gasteiger partial charge is 0.00368 e. The fraction of sp³-hybridized carbons (Fsp3) is 0.714. The number of benzene rings is 1. The lowest BCUT2D eigenvalue weighted by molar-refractivity contribution is 0.548. The monoisotopic (exact) mass is 320 g/mol. The van der Waals surface area contributed by atoms with Crippen LogP contribution in [0.3, 0.4) is 0 Å². The molecule has 0 N–H and O–H groups in total. The minimum Gasteiger partial charge on any atom is -0.105 e. The number of unbranched alkanes of at least 4 members (excludes halogenated alkanes) is 9. The van der Waals surface area contributed by atoms with Crippen molar-refractivity contribution in [3.05, 3.63) is 35.9 Å². The van der Waals surface area contributed by atoms with Gasteiger partial charge in [0.25, 0.3) is 0 Å². The first-order valence-electron chi connectivity index (χ1n) is 9.47. The zero-order valence-corrected chi connectivity index (χ0v) is 16.1. The predicted molar refractivity (Wildman–Crippen MR) is 104 cm³/mol. The summed E-state index contributed by atoms with van der Waals surface area (Å²) in [5, 5.41) is 0. The van der Waals surface area contributed by atoms with Crippen LogP contribution in [-0.4, -0.2) is 13.3 Å². The van der Waals surface area contributed by atoms with Crippen LogP contribution in [0.1, 0.15) is 88.8 Å². The Morgan fingerprint density at radius 3 is 1.73 bits per heavy atom. The molecule has 0 saturated carbocycles. The quantitative estimate of drug-likeness (QED) is 0.257. The van der Waals surface area contributed by atoms with Crippen molar-refractivity contribution in [2.75, 3.05) is 13.3 Å². The molecule has 0 radical (unpaired) electrons. The number of rotatable bonds is 13. The second-order valence-corrected chi connectivity index (χ2v) is 9.41. The third-order valence-corrected chi connectivity index (χ3v) is 6.44. The molecular weight excluding hydrogens is 283 g/mol. The lowest BCUT2D eigenvalue weighted by Gasteiger charge is -2.21. The predicted octanol–water partition coefficient (Wildman–Crippen LogP) is 7.78. The second-order valence-electron chi connectivity index (χ2n) is 6.86. The molecule has 126 valence electrons. The molecule has 1 unspecified atom stereocenters. The van der Waals surface area contributed by atoms with Gasteiger partial charge in [-0.3, -0.25) is 0 Å². The van der Waals surface area contributed by atoms with E-state index in [1.165, 1.54) is 70.6 Å². The van der Waals surface area contributed by atoms with Crippen LogP contribution in [0.25, 0.3) is 0 Å². The Hall–Kier alpha value is -0.350. The molecule has 1 aromatic rings. The molecule has 22 heavy (non-hydrogen) atoms. The van der Waals surface area contributed by atoms with Crippen LogP contribution in [0, 0.1) is 0 Å². The molecule has 0 fully saturated rings. The van der Waals surface area contributed by atoms with Gasteiger partial charge >= 0.3 is 0 Å². The zero-order chi connectivity index (χ0) is 16.0. The van der Waals surface area contributed by atoms with Gasteiger partial charge < -0.3 is 0 Å². The molecule has 0 aliphatic heterocycles. The van der Waals surface area contributed by atoms with Gasteiger partial charge in [-0.05, 0) is 25.3 Å². The molecule has 0 aromatic heterocycles. The van der Waals surface area contributed by atoms with Gasteiger partial charge in [0, 0.05) is 5.66 Å². The minimum absolute atomic E-state index is 0.124. The van der Waals surface area contributed by atoms with Crippen LogP contribution in [0.5, 0.6) is 0 Å². The molecule has 1 atom stereocenters. The van der Waals surface area contributed by atoms with Gasteiger partial charge in [0.2, 0.25) is 0 Å². The molecule has 1 rings (SSSR count). The van der Waals surface area contributed by atoms with E-state index in [9.17, 15) is 0 Å². The summed E-state index contributed by atoms with van der Waals surface area (Å²) >= 11 is 0.